The van der Waals surface area contributed by atoms with Crippen LogP contribution in [0.3, 0.4) is 0 Å². The first kappa shape index (κ1) is 11.9. The van der Waals surface area contributed by atoms with Crippen molar-refractivity contribution in [2.45, 2.75) is 19.4 Å². The highest BCUT2D eigenvalue weighted by molar-refractivity contribution is 7.12. The van der Waals surface area contributed by atoms with Crippen LogP contribution in [0.2, 0.25) is 0 Å². The van der Waals surface area contributed by atoms with Crippen molar-refractivity contribution in [1.29, 1.82) is 0 Å². The van der Waals surface area contributed by atoms with Gasteiger partial charge in [0.25, 0.3) is 0 Å². The van der Waals surface area contributed by atoms with E-state index in [4.69, 9.17) is 5.11 Å². The molecule has 3 nitrogen and oxygen atoms in total. The number of nitrogens with one attached hydrogen (secondary N) is 1. The lowest BCUT2D eigenvalue weighted by Gasteiger charge is -2.10. The summed E-state index contributed by atoms with van der Waals surface area (Å²) in [4.78, 5) is 13.1. The van der Waals surface area contributed by atoms with Crippen LogP contribution in [0.5, 0.6) is 0 Å². The molecule has 0 bridgehead atoms. The van der Waals surface area contributed by atoms with Crippen molar-refractivity contribution in [3.05, 3.63) is 34.5 Å². The molecule has 0 aliphatic carbocycles. The largest absolute Gasteiger partial charge is 0.480 e. The molecular formula is C11H15NO2S. The van der Waals surface area contributed by atoms with Crippen molar-refractivity contribution < 1.29 is 9.90 Å². The molecule has 1 heterocycles. The Labute approximate surface area is 93.4 Å². The maximum absolute atomic E-state index is 11.0. The monoisotopic (exact) mass is 225 g/mol. The summed E-state index contributed by atoms with van der Waals surface area (Å²) in [6.07, 6.45) is 2.60. The van der Waals surface area contributed by atoms with E-state index in [1.54, 1.807) is 17.4 Å². The molecule has 0 saturated carbocycles. The van der Waals surface area contributed by atoms with Crippen LogP contribution in [-0.4, -0.2) is 17.6 Å². The van der Waals surface area contributed by atoms with Crippen molar-refractivity contribution >= 4 is 17.3 Å². The van der Waals surface area contributed by atoms with E-state index in [1.807, 2.05) is 12.1 Å². The van der Waals surface area contributed by atoms with Gasteiger partial charge >= 0.3 is 5.97 Å². The smallest absolute Gasteiger partial charge is 0.326 e. The van der Waals surface area contributed by atoms with Crippen LogP contribution >= 0.6 is 11.3 Å². The third-order valence-corrected chi connectivity index (χ3v) is 3.32. The third kappa shape index (κ3) is 3.18. The van der Waals surface area contributed by atoms with Gasteiger partial charge in [0.1, 0.15) is 6.04 Å². The highest BCUT2D eigenvalue weighted by Gasteiger charge is 2.19. The van der Waals surface area contributed by atoms with Gasteiger partial charge in [0.05, 0.1) is 0 Å². The maximum Gasteiger partial charge on any atom is 0.326 e. The lowest BCUT2D eigenvalue weighted by molar-refractivity contribution is -0.139. The molecule has 82 valence electrons. The minimum Gasteiger partial charge on any atom is -0.480 e. The number of thiophene rings is 1. The highest BCUT2D eigenvalue weighted by Crippen LogP contribution is 2.23. The SMILES string of the molecule is C=CCNC(C(=O)O)c1ccc(CC)s1. The molecule has 1 atom stereocenters. The fourth-order valence-corrected chi connectivity index (χ4v) is 2.27. The zero-order chi connectivity index (χ0) is 11.3. The van der Waals surface area contributed by atoms with Crippen molar-refractivity contribution in [3.8, 4) is 0 Å². The third-order valence-electron chi connectivity index (χ3n) is 2.03. The molecule has 15 heavy (non-hydrogen) atoms. The number of carboxylic acid groups (broad SMARTS) is 1. The van der Waals surface area contributed by atoms with Crippen LogP contribution in [0.25, 0.3) is 0 Å². The minimum atomic E-state index is -0.846. The average Bonchev–Trinajstić information content (AvgIpc) is 2.66. The summed E-state index contributed by atoms with van der Waals surface area (Å²) in [6.45, 7) is 6.11. The molecule has 0 aliphatic rings. The number of rotatable bonds is 6. The summed E-state index contributed by atoms with van der Waals surface area (Å²) >= 11 is 1.54. The Balaban J connectivity index is 2.78. The fourth-order valence-electron chi connectivity index (χ4n) is 1.25. The van der Waals surface area contributed by atoms with Crippen LogP contribution in [0.1, 0.15) is 22.7 Å². The normalized spacial score (nSPS) is 12.3. The first-order valence-corrected chi connectivity index (χ1v) is 5.66. The van der Waals surface area contributed by atoms with Crippen LogP contribution in [0, 0.1) is 0 Å². The molecule has 0 aromatic carbocycles. The molecule has 0 aliphatic heterocycles. The lowest BCUT2D eigenvalue weighted by atomic mass is 10.2. The molecule has 0 radical (unpaired) electrons. The lowest BCUT2D eigenvalue weighted by Crippen LogP contribution is -2.27. The van der Waals surface area contributed by atoms with Gasteiger partial charge in [0.15, 0.2) is 0 Å². The Morgan fingerprint density at radius 3 is 2.93 bits per heavy atom. The molecule has 0 spiro atoms. The number of hydrogen-bond donors (Lipinski definition) is 2. The van der Waals surface area contributed by atoms with Crippen LogP contribution in [0.4, 0.5) is 0 Å². The van der Waals surface area contributed by atoms with Gasteiger partial charge in [0.2, 0.25) is 0 Å². The van der Waals surface area contributed by atoms with Crippen LogP contribution < -0.4 is 5.32 Å². The van der Waals surface area contributed by atoms with E-state index in [0.717, 1.165) is 11.3 Å². The summed E-state index contributed by atoms with van der Waals surface area (Å²) < 4.78 is 0. The highest BCUT2D eigenvalue weighted by atomic mass is 32.1. The van der Waals surface area contributed by atoms with E-state index in [-0.39, 0.29) is 0 Å². The van der Waals surface area contributed by atoms with Crippen molar-refractivity contribution in [1.82, 2.24) is 5.32 Å². The summed E-state index contributed by atoms with van der Waals surface area (Å²) in [5.74, 6) is -0.846. The number of aryl methyl sites for hydroxylation is 1. The van der Waals surface area contributed by atoms with E-state index >= 15 is 0 Å². The quantitative estimate of drug-likeness (QED) is 0.730. The van der Waals surface area contributed by atoms with Crippen LogP contribution in [0.15, 0.2) is 24.8 Å². The predicted molar refractivity (Wildman–Crippen MR) is 62.3 cm³/mol. The topological polar surface area (TPSA) is 49.3 Å². The molecule has 1 aromatic rings. The Hall–Kier alpha value is -1.13. The Morgan fingerprint density at radius 1 is 1.73 bits per heavy atom. The Bertz CT molecular complexity index is 346. The Kier molecular flexibility index (Phi) is 4.52. The van der Waals surface area contributed by atoms with Gasteiger partial charge < -0.3 is 5.11 Å². The van der Waals surface area contributed by atoms with E-state index in [2.05, 4.69) is 18.8 Å². The molecule has 0 amide bonds. The molecular weight excluding hydrogens is 210 g/mol. The molecule has 0 saturated heterocycles. The van der Waals surface area contributed by atoms with Crippen molar-refractivity contribution in [2.24, 2.45) is 0 Å². The van der Waals surface area contributed by atoms with E-state index in [9.17, 15) is 4.79 Å². The second-order valence-corrected chi connectivity index (χ2v) is 4.33. The average molecular weight is 225 g/mol. The van der Waals surface area contributed by atoms with Crippen molar-refractivity contribution in [3.63, 3.8) is 0 Å². The molecule has 4 heteroatoms. The maximum atomic E-state index is 11.0. The van der Waals surface area contributed by atoms with Gasteiger partial charge in [-0.1, -0.05) is 13.0 Å². The summed E-state index contributed by atoms with van der Waals surface area (Å²) in [5.41, 5.74) is 0. The number of carboxylic acids is 1. The first-order valence-electron chi connectivity index (χ1n) is 4.84. The summed E-state index contributed by atoms with van der Waals surface area (Å²) in [5, 5.41) is 12.0. The van der Waals surface area contributed by atoms with Gasteiger partial charge in [-0.2, -0.15) is 0 Å². The first-order chi connectivity index (χ1) is 7.19. The second kappa shape index (κ2) is 5.68. The molecule has 1 aromatic heterocycles. The minimum absolute atomic E-state index is 0.496. The fraction of sp³-hybridized carbons (Fsp3) is 0.364. The number of aliphatic carboxylic acids is 1. The molecule has 0 fully saturated rings. The van der Waals surface area contributed by atoms with Gasteiger partial charge in [0, 0.05) is 16.3 Å². The zero-order valence-electron chi connectivity index (χ0n) is 8.69. The van der Waals surface area contributed by atoms with Crippen molar-refractivity contribution in [2.75, 3.05) is 6.54 Å². The molecule has 1 unspecified atom stereocenters. The Morgan fingerprint density at radius 2 is 2.47 bits per heavy atom. The molecule has 1 rings (SSSR count). The zero-order valence-corrected chi connectivity index (χ0v) is 9.51. The second-order valence-electron chi connectivity index (χ2n) is 3.13. The van der Waals surface area contributed by atoms with Gasteiger partial charge in [-0.15, -0.1) is 17.9 Å². The molecule has 2 N–H and O–H groups in total. The summed E-state index contributed by atoms with van der Waals surface area (Å²) in [6, 6.07) is 3.23. The van der Waals surface area contributed by atoms with Gasteiger partial charge in [-0.3, -0.25) is 10.1 Å². The van der Waals surface area contributed by atoms with Gasteiger partial charge in [-0.25, -0.2) is 0 Å². The predicted octanol–water partition coefficient (Wildman–Crippen LogP) is 2.21. The van der Waals surface area contributed by atoms with Crippen LogP contribution in [-0.2, 0) is 11.2 Å². The number of hydrogen-bond acceptors (Lipinski definition) is 3. The van der Waals surface area contributed by atoms with E-state index in [1.165, 1.54) is 4.88 Å². The number of carbonyl (C=O) groups is 1. The van der Waals surface area contributed by atoms with Gasteiger partial charge in [-0.05, 0) is 18.6 Å². The standard InChI is InChI=1S/C11H15NO2S/c1-3-7-12-10(11(13)14)9-6-5-8(4-2)15-9/h3,5-6,10,12H,1,4,7H2,2H3,(H,13,14). The van der Waals surface area contributed by atoms with E-state index in [0.29, 0.717) is 6.54 Å². The summed E-state index contributed by atoms with van der Waals surface area (Å²) in [7, 11) is 0. The van der Waals surface area contributed by atoms with E-state index < -0.39 is 12.0 Å².